The highest BCUT2D eigenvalue weighted by Gasteiger charge is 2.30. The van der Waals surface area contributed by atoms with Crippen molar-refractivity contribution in [2.75, 3.05) is 39.6 Å². The van der Waals surface area contributed by atoms with Crippen molar-refractivity contribution in [3.8, 4) is 0 Å². The second-order valence-electron chi connectivity index (χ2n) is 26.2. The average Bonchev–Trinajstić information content (AvgIpc) is 3.71. The third-order valence-corrected chi connectivity index (χ3v) is 18.1. The lowest BCUT2D eigenvalue weighted by Gasteiger charge is -2.21. The molecule has 0 saturated heterocycles. The van der Waals surface area contributed by atoms with Crippen LogP contribution in [0.1, 0.15) is 356 Å². The standard InChI is InChI=1S/C70H136O17P2/c1-7-9-11-13-15-17-19-21-23-25-27-29-33-40-46-52-67(72)80-58-65(86-69(74)54-48-42-34-30-28-26-24-22-20-18-16-14-12-10-8-2)60-84-88(76,77)82-56-64(71)57-83-89(78,79)85-61-66(59-81-68(73)53-47-41-37-36-39-45-51-63(5)6)87-70(75)55-49-43-35-31-32-38-44-50-62(3)4/h62-66,71H,7-61H2,1-6H3,(H,76,77)(H,78,79)/t64-,65-,66-/m1/s1. The van der Waals surface area contributed by atoms with Gasteiger partial charge in [0.05, 0.1) is 26.4 Å². The summed E-state index contributed by atoms with van der Waals surface area (Å²) < 4.78 is 68.2. The van der Waals surface area contributed by atoms with Crippen molar-refractivity contribution in [2.24, 2.45) is 11.8 Å². The van der Waals surface area contributed by atoms with Gasteiger partial charge in [0.25, 0.3) is 0 Å². The zero-order valence-corrected chi connectivity index (χ0v) is 59.5. The normalized spacial score (nSPS) is 14.1. The third kappa shape index (κ3) is 64.6. The van der Waals surface area contributed by atoms with Crippen molar-refractivity contribution < 1.29 is 80.2 Å². The quantitative estimate of drug-likeness (QED) is 0.0222. The summed E-state index contributed by atoms with van der Waals surface area (Å²) in [5, 5.41) is 10.6. The first-order valence-electron chi connectivity index (χ1n) is 36.5. The molecule has 2 unspecified atom stereocenters. The van der Waals surface area contributed by atoms with Crippen LogP contribution in [0.15, 0.2) is 0 Å². The summed E-state index contributed by atoms with van der Waals surface area (Å²) in [6, 6.07) is 0. The molecular formula is C70H136O17P2. The number of rotatable bonds is 69. The fourth-order valence-corrected chi connectivity index (χ4v) is 12.2. The Morgan fingerprint density at radius 3 is 0.764 bits per heavy atom. The van der Waals surface area contributed by atoms with Gasteiger partial charge >= 0.3 is 39.5 Å². The van der Waals surface area contributed by atoms with Gasteiger partial charge in [-0.3, -0.25) is 37.3 Å². The number of carbonyl (C=O) groups is 4. The van der Waals surface area contributed by atoms with Crippen molar-refractivity contribution >= 4 is 39.5 Å². The zero-order chi connectivity index (χ0) is 65.7. The highest BCUT2D eigenvalue weighted by atomic mass is 31.2. The summed E-state index contributed by atoms with van der Waals surface area (Å²) in [6.07, 6.45) is 47.4. The van der Waals surface area contributed by atoms with Gasteiger partial charge in [0, 0.05) is 25.7 Å². The van der Waals surface area contributed by atoms with Gasteiger partial charge in [0.1, 0.15) is 19.3 Å². The molecule has 0 saturated carbocycles. The zero-order valence-electron chi connectivity index (χ0n) is 57.7. The molecule has 3 N–H and O–H groups in total. The molecule has 0 aliphatic carbocycles. The second kappa shape index (κ2) is 62.2. The van der Waals surface area contributed by atoms with E-state index >= 15 is 0 Å². The van der Waals surface area contributed by atoms with Crippen LogP contribution in [0.4, 0.5) is 0 Å². The predicted molar refractivity (Wildman–Crippen MR) is 358 cm³/mol. The maximum Gasteiger partial charge on any atom is 0.472 e. The first kappa shape index (κ1) is 87.1. The molecule has 0 aromatic heterocycles. The molecular weight excluding hydrogens is 1170 g/mol. The molecule has 0 aromatic rings. The number of carbonyl (C=O) groups excluding carboxylic acids is 4. The van der Waals surface area contributed by atoms with Gasteiger partial charge in [-0.1, -0.05) is 305 Å². The van der Waals surface area contributed by atoms with Crippen LogP contribution in [-0.2, 0) is 65.4 Å². The summed E-state index contributed by atoms with van der Waals surface area (Å²) in [6.45, 7) is 9.41. The van der Waals surface area contributed by atoms with E-state index in [9.17, 15) is 43.2 Å². The summed E-state index contributed by atoms with van der Waals surface area (Å²) in [7, 11) is -9.90. The summed E-state index contributed by atoms with van der Waals surface area (Å²) >= 11 is 0. The molecule has 5 atom stereocenters. The number of unbranched alkanes of at least 4 members (excludes halogenated alkanes) is 39. The molecule has 0 amide bonds. The minimum Gasteiger partial charge on any atom is -0.462 e. The lowest BCUT2D eigenvalue weighted by molar-refractivity contribution is -0.161. The molecule has 0 aliphatic heterocycles. The minimum atomic E-state index is -4.95. The van der Waals surface area contributed by atoms with Gasteiger partial charge in [-0.2, -0.15) is 0 Å². The van der Waals surface area contributed by atoms with E-state index in [0.717, 1.165) is 96.3 Å². The second-order valence-corrected chi connectivity index (χ2v) is 29.1. The number of phosphoric ester groups is 2. The van der Waals surface area contributed by atoms with Crippen molar-refractivity contribution in [1.82, 2.24) is 0 Å². The number of ether oxygens (including phenoxy) is 4. The fourth-order valence-electron chi connectivity index (χ4n) is 10.6. The van der Waals surface area contributed by atoms with E-state index in [1.165, 1.54) is 167 Å². The van der Waals surface area contributed by atoms with E-state index in [4.69, 9.17) is 37.0 Å². The number of aliphatic hydroxyl groups is 1. The van der Waals surface area contributed by atoms with Crippen LogP contribution in [0.25, 0.3) is 0 Å². The van der Waals surface area contributed by atoms with Gasteiger partial charge < -0.3 is 33.8 Å². The first-order chi connectivity index (χ1) is 42.9. The maximum atomic E-state index is 13.0. The Hall–Kier alpha value is -1.94. The van der Waals surface area contributed by atoms with Crippen LogP contribution in [0.2, 0.25) is 0 Å². The molecule has 0 spiro atoms. The Bertz CT molecular complexity index is 1730. The molecule has 0 radical (unpaired) electrons. The van der Waals surface area contributed by atoms with Crippen molar-refractivity contribution in [3.63, 3.8) is 0 Å². The van der Waals surface area contributed by atoms with Crippen molar-refractivity contribution in [2.45, 2.75) is 374 Å². The Labute approximate surface area is 543 Å². The average molecular weight is 1310 g/mol. The van der Waals surface area contributed by atoms with Crippen LogP contribution in [0.3, 0.4) is 0 Å². The molecule has 528 valence electrons. The highest BCUT2D eigenvalue weighted by Crippen LogP contribution is 2.45. The van der Waals surface area contributed by atoms with E-state index in [0.29, 0.717) is 37.5 Å². The molecule has 0 aliphatic rings. The lowest BCUT2D eigenvalue weighted by atomic mass is 10.0. The Morgan fingerprint density at radius 1 is 0.303 bits per heavy atom. The van der Waals surface area contributed by atoms with Crippen LogP contribution >= 0.6 is 15.6 Å². The SMILES string of the molecule is CCCCCCCCCCCCCCCCCC(=O)OC[C@H](COP(=O)(O)OC[C@@H](O)COP(=O)(O)OC[C@@H](COC(=O)CCCCCCCCC(C)C)OC(=O)CCCCCCCCCC(C)C)OC(=O)CCCCCCCCCCCCCCCCC. The molecule has 0 aromatic carbocycles. The number of aliphatic hydroxyl groups excluding tert-OH is 1. The monoisotopic (exact) mass is 1310 g/mol. The van der Waals surface area contributed by atoms with Crippen molar-refractivity contribution in [3.05, 3.63) is 0 Å². The van der Waals surface area contributed by atoms with Gasteiger partial charge in [-0.25, -0.2) is 9.13 Å². The van der Waals surface area contributed by atoms with Crippen LogP contribution in [0.5, 0.6) is 0 Å². The molecule has 0 fully saturated rings. The molecule has 17 nitrogen and oxygen atoms in total. The molecule has 89 heavy (non-hydrogen) atoms. The van der Waals surface area contributed by atoms with Crippen LogP contribution in [-0.4, -0.2) is 96.7 Å². The van der Waals surface area contributed by atoms with E-state index < -0.39 is 97.5 Å². The Kier molecular flexibility index (Phi) is 60.8. The van der Waals surface area contributed by atoms with Crippen molar-refractivity contribution in [1.29, 1.82) is 0 Å². The number of hydrogen-bond acceptors (Lipinski definition) is 15. The van der Waals surface area contributed by atoms with Gasteiger partial charge in [0.2, 0.25) is 0 Å². The molecule has 0 bridgehead atoms. The minimum absolute atomic E-state index is 0.103. The molecule has 0 heterocycles. The Morgan fingerprint density at radius 2 is 0.517 bits per heavy atom. The fraction of sp³-hybridized carbons (Fsp3) is 0.943. The predicted octanol–water partition coefficient (Wildman–Crippen LogP) is 20.0. The van der Waals surface area contributed by atoms with E-state index in [2.05, 4.69) is 41.5 Å². The Balaban J connectivity index is 5.23. The number of phosphoric acid groups is 2. The number of esters is 4. The van der Waals surface area contributed by atoms with Crippen LogP contribution in [0, 0.1) is 11.8 Å². The maximum absolute atomic E-state index is 13.0. The van der Waals surface area contributed by atoms with E-state index in [1.54, 1.807) is 0 Å². The highest BCUT2D eigenvalue weighted by molar-refractivity contribution is 7.47. The molecule has 19 heteroatoms. The van der Waals surface area contributed by atoms with Gasteiger partial charge in [-0.15, -0.1) is 0 Å². The third-order valence-electron chi connectivity index (χ3n) is 16.2. The lowest BCUT2D eigenvalue weighted by Crippen LogP contribution is -2.30. The summed E-state index contributed by atoms with van der Waals surface area (Å²) in [5.41, 5.74) is 0. The first-order valence-corrected chi connectivity index (χ1v) is 39.5. The van der Waals surface area contributed by atoms with E-state index in [-0.39, 0.29) is 25.7 Å². The number of hydrogen-bond donors (Lipinski definition) is 3. The van der Waals surface area contributed by atoms with E-state index in [1.807, 2.05) is 0 Å². The van der Waals surface area contributed by atoms with Gasteiger partial charge in [0.15, 0.2) is 12.2 Å². The largest absolute Gasteiger partial charge is 0.472 e. The summed E-state index contributed by atoms with van der Waals surface area (Å²) in [5.74, 6) is -0.752. The smallest absolute Gasteiger partial charge is 0.462 e. The summed E-state index contributed by atoms with van der Waals surface area (Å²) in [4.78, 5) is 72.5. The molecule has 0 rings (SSSR count). The topological polar surface area (TPSA) is 237 Å². The van der Waals surface area contributed by atoms with Gasteiger partial charge in [-0.05, 0) is 37.5 Å². The van der Waals surface area contributed by atoms with Crippen LogP contribution < -0.4 is 0 Å².